The van der Waals surface area contributed by atoms with Crippen LogP contribution >= 0.6 is 15.9 Å². The Balaban J connectivity index is 2.66. The molecule has 0 unspecified atom stereocenters. The predicted molar refractivity (Wildman–Crippen MR) is 61.3 cm³/mol. The van der Waals surface area contributed by atoms with Gasteiger partial charge in [0.15, 0.2) is 5.78 Å². The maximum Gasteiger partial charge on any atom is 0.209 e. The average molecular weight is 292 g/mol. The van der Waals surface area contributed by atoms with Crippen LogP contribution in [0.15, 0.2) is 28.7 Å². The zero-order valence-electron chi connectivity index (χ0n) is 8.03. The van der Waals surface area contributed by atoms with E-state index in [4.69, 9.17) is 0 Å². The number of hydrogen-bond acceptors (Lipinski definition) is 3. The Bertz CT molecular complexity index is 453. The van der Waals surface area contributed by atoms with E-state index in [1.807, 2.05) is 0 Å². The molecular weight excluding hydrogens is 282 g/mol. The molecule has 1 aromatic carbocycles. The molecule has 0 saturated carbocycles. The lowest BCUT2D eigenvalue weighted by atomic mass is 10.1. The van der Waals surface area contributed by atoms with Gasteiger partial charge in [0.05, 0.1) is 12.8 Å². The van der Waals surface area contributed by atoms with Gasteiger partial charge in [-0.1, -0.05) is 28.1 Å². The van der Waals surface area contributed by atoms with Gasteiger partial charge in [-0.15, -0.1) is 0 Å². The Morgan fingerprint density at radius 2 is 1.87 bits per heavy atom. The third-order valence-electron chi connectivity index (χ3n) is 1.66. The zero-order valence-corrected chi connectivity index (χ0v) is 10.4. The number of rotatable bonds is 4. The third-order valence-corrected chi connectivity index (χ3v) is 2.86. The van der Waals surface area contributed by atoms with Crippen LogP contribution in [0.1, 0.15) is 10.4 Å². The summed E-state index contributed by atoms with van der Waals surface area (Å²) in [4.78, 5) is 11.5. The van der Waals surface area contributed by atoms with Crippen LogP contribution in [0.25, 0.3) is 0 Å². The smallest absolute Gasteiger partial charge is 0.209 e. The summed E-state index contributed by atoms with van der Waals surface area (Å²) in [5.41, 5.74) is 0.481. The Morgan fingerprint density at radius 1 is 1.33 bits per heavy atom. The van der Waals surface area contributed by atoms with Crippen molar-refractivity contribution in [1.82, 2.24) is 4.72 Å². The van der Waals surface area contributed by atoms with Crippen LogP contribution in [0.3, 0.4) is 0 Å². The van der Waals surface area contributed by atoms with Gasteiger partial charge in [0.25, 0.3) is 0 Å². The summed E-state index contributed by atoms with van der Waals surface area (Å²) in [6.45, 7) is -0.208. The molecule has 15 heavy (non-hydrogen) atoms. The van der Waals surface area contributed by atoms with Crippen molar-refractivity contribution in [1.29, 1.82) is 0 Å². The summed E-state index contributed by atoms with van der Waals surface area (Å²) in [6.07, 6.45) is 1.02. The number of halogens is 1. The topological polar surface area (TPSA) is 63.2 Å². The lowest BCUT2D eigenvalue weighted by Gasteiger charge is -2.01. The van der Waals surface area contributed by atoms with E-state index in [-0.39, 0.29) is 12.3 Å². The number of hydrogen-bond donors (Lipinski definition) is 1. The minimum absolute atomic E-state index is 0.208. The normalized spacial score (nSPS) is 11.3. The van der Waals surface area contributed by atoms with Crippen molar-refractivity contribution in [3.8, 4) is 0 Å². The highest BCUT2D eigenvalue weighted by Crippen LogP contribution is 2.10. The van der Waals surface area contributed by atoms with Crippen molar-refractivity contribution in [3.05, 3.63) is 34.3 Å². The van der Waals surface area contributed by atoms with Gasteiger partial charge in [0.1, 0.15) is 0 Å². The van der Waals surface area contributed by atoms with Crippen molar-refractivity contribution in [2.24, 2.45) is 0 Å². The standard InChI is InChI=1S/C9H10BrNO3S/c1-15(13,14)11-6-9(12)7-2-4-8(10)5-3-7/h2-5,11H,6H2,1H3. The summed E-state index contributed by atoms with van der Waals surface area (Å²) in [5, 5.41) is 0. The van der Waals surface area contributed by atoms with E-state index < -0.39 is 10.0 Å². The van der Waals surface area contributed by atoms with Crippen molar-refractivity contribution in [3.63, 3.8) is 0 Å². The van der Waals surface area contributed by atoms with E-state index >= 15 is 0 Å². The molecule has 0 amide bonds. The lowest BCUT2D eigenvalue weighted by molar-refractivity contribution is 0.0997. The molecule has 0 spiro atoms. The van der Waals surface area contributed by atoms with E-state index in [0.717, 1.165) is 10.7 Å². The van der Waals surface area contributed by atoms with E-state index in [1.165, 1.54) is 0 Å². The first-order chi connectivity index (χ1) is 6.88. The molecule has 0 aliphatic rings. The average Bonchev–Trinajstić information content (AvgIpc) is 2.14. The predicted octanol–water partition coefficient (Wildman–Crippen LogP) is 1.18. The van der Waals surface area contributed by atoms with Crippen molar-refractivity contribution >= 4 is 31.7 Å². The fourth-order valence-corrected chi connectivity index (χ4v) is 1.59. The van der Waals surface area contributed by atoms with E-state index in [2.05, 4.69) is 20.7 Å². The molecular formula is C9H10BrNO3S. The van der Waals surface area contributed by atoms with Crippen LogP contribution < -0.4 is 4.72 Å². The number of sulfonamides is 1. The van der Waals surface area contributed by atoms with Gasteiger partial charge in [-0.2, -0.15) is 0 Å². The molecule has 1 aromatic rings. The molecule has 0 aliphatic heterocycles. The molecule has 0 saturated heterocycles. The van der Waals surface area contributed by atoms with Crippen LogP contribution in [0.5, 0.6) is 0 Å². The van der Waals surface area contributed by atoms with Gasteiger partial charge in [0, 0.05) is 10.0 Å². The second kappa shape index (κ2) is 4.87. The monoisotopic (exact) mass is 291 g/mol. The number of ketones is 1. The first-order valence-electron chi connectivity index (χ1n) is 4.12. The minimum Gasteiger partial charge on any atom is -0.293 e. The summed E-state index contributed by atoms with van der Waals surface area (Å²) >= 11 is 3.24. The molecule has 1 rings (SSSR count). The molecule has 6 heteroatoms. The molecule has 0 aliphatic carbocycles. The van der Waals surface area contributed by atoms with Crippen molar-refractivity contribution in [2.75, 3.05) is 12.8 Å². The highest BCUT2D eigenvalue weighted by molar-refractivity contribution is 9.10. The molecule has 0 aromatic heterocycles. The second-order valence-corrected chi connectivity index (χ2v) is 5.77. The Kier molecular flexibility index (Phi) is 4.01. The Morgan fingerprint density at radius 3 is 2.33 bits per heavy atom. The zero-order chi connectivity index (χ0) is 11.5. The number of carbonyl (C=O) groups excluding carboxylic acids is 1. The first kappa shape index (κ1) is 12.4. The summed E-state index contributed by atoms with van der Waals surface area (Å²) in [6, 6.07) is 6.73. The lowest BCUT2D eigenvalue weighted by Crippen LogP contribution is -2.28. The van der Waals surface area contributed by atoms with Gasteiger partial charge < -0.3 is 0 Å². The fraction of sp³-hybridized carbons (Fsp3) is 0.222. The molecule has 0 atom stereocenters. The molecule has 82 valence electrons. The Hall–Kier alpha value is -0.720. The quantitative estimate of drug-likeness (QED) is 0.848. The molecule has 1 N–H and O–H groups in total. The number of benzene rings is 1. The largest absolute Gasteiger partial charge is 0.293 e. The Labute approximate surface area is 96.9 Å². The maximum atomic E-state index is 11.5. The summed E-state index contributed by atoms with van der Waals surface area (Å²) in [7, 11) is -3.32. The molecule has 4 nitrogen and oxygen atoms in total. The van der Waals surface area contributed by atoms with Crippen LogP contribution in [-0.2, 0) is 10.0 Å². The van der Waals surface area contributed by atoms with Crippen molar-refractivity contribution < 1.29 is 13.2 Å². The summed E-state index contributed by atoms with van der Waals surface area (Å²) in [5.74, 6) is -0.257. The van der Waals surface area contributed by atoms with Crippen molar-refractivity contribution in [2.45, 2.75) is 0 Å². The van der Waals surface area contributed by atoms with Crippen LogP contribution in [0.2, 0.25) is 0 Å². The minimum atomic E-state index is -3.32. The van der Waals surface area contributed by atoms with Gasteiger partial charge in [-0.3, -0.25) is 4.79 Å². The molecule has 0 fully saturated rings. The van der Waals surface area contributed by atoms with Crippen LogP contribution in [-0.4, -0.2) is 27.0 Å². The summed E-state index contributed by atoms with van der Waals surface area (Å²) < 4.78 is 24.5. The highest BCUT2D eigenvalue weighted by atomic mass is 79.9. The van der Waals surface area contributed by atoms with Gasteiger partial charge in [-0.25, -0.2) is 13.1 Å². The maximum absolute atomic E-state index is 11.5. The van der Waals surface area contributed by atoms with E-state index in [9.17, 15) is 13.2 Å². The van der Waals surface area contributed by atoms with Crippen LogP contribution in [0.4, 0.5) is 0 Å². The van der Waals surface area contributed by atoms with Crippen LogP contribution in [0, 0.1) is 0 Å². The third kappa shape index (κ3) is 4.55. The first-order valence-corrected chi connectivity index (χ1v) is 6.80. The van der Waals surface area contributed by atoms with E-state index in [1.54, 1.807) is 24.3 Å². The number of carbonyl (C=O) groups is 1. The molecule has 0 heterocycles. The highest BCUT2D eigenvalue weighted by Gasteiger charge is 2.08. The fourth-order valence-electron chi connectivity index (χ4n) is 0.934. The van der Waals surface area contributed by atoms with Gasteiger partial charge in [0.2, 0.25) is 10.0 Å². The SMILES string of the molecule is CS(=O)(=O)NCC(=O)c1ccc(Br)cc1. The van der Waals surface area contributed by atoms with E-state index in [0.29, 0.717) is 5.56 Å². The number of Topliss-reactive ketones (excluding diaryl/α,β-unsaturated/α-hetero) is 1. The molecule has 0 bridgehead atoms. The molecule has 0 radical (unpaired) electrons. The van der Waals surface area contributed by atoms with Gasteiger partial charge in [-0.05, 0) is 12.1 Å². The second-order valence-electron chi connectivity index (χ2n) is 3.02. The number of nitrogens with one attached hydrogen (secondary N) is 1. The van der Waals surface area contributed by atoms with Gasteiger partial charge >= 0.3 is 0 Å².